The second-order valence-electron chi connectivity index (χ2n) is 4.86. The highest BCUT2D eigenvalue weighted by Gasteiger charge is 2.31. The first-order valence-corrected chi connectivity index (χ1v) is 6.41. The van der Waals surface area contributed by atoms with Crippen LogP contribution in [0.3, 0.4) is 0 Å². The minimum absolute atomic E-state index is 0.0188. The van der Waals surface area contributed by atoms with Crippen molar-refractivity contribution in [3.63, 3.8) is 0 Å². The molecule has 0 saturated heterocycles. The van der Waals surface area contributed by atoms with Gasteiger partial charge in [-0.25, -0.2) is 0 Å². The summed E-state index contributed by atoms with van der Waals surface area (Å²) in [5, 5.41) is 3.15. The molecule has 0 amide bonds. The lowest BCUT2D eigenvalue weighted by Crippen LogP contribution is -2.10. The van der Waals surface area contributed by atoms with Gasteiger partial charge in [0, 0.05) is 11.9 Å². The highest BCUT2D eigenvalue weighted by Crippen LogP contribution is 2.34. The van der Waals surface area contributed by atoms with Crippen LogP contribution in [0.5, 0.6) is 0 Å². The van der Waals surface area contributed by atoms with Crippen molar-refractivity contribution in [1.82, 2.24) is 4.98 Å². The number of pyridine rings is 1. The van der Waals surface area contributed by atoms with Crippen molar-refractivity contribution in [3.05, 3.63) is 59.4 Å². The zero-order chi connectivity index (χ0) is 14.2. The first-order valence-electron chi connectivity index (χ1n) is 6.41. The zero-order valence-corrected chi connectivity index (χ0v) is 10.6. The van der Waals surface area contributed by atoms with E-state index >= 15 is 0 Å². The molecule has 0 saturated carbocycles. The Bertz CT molecular complexity index is 623. The molecule has 0 bridgehead atoms. The van der Waals surface area contributed by atoms with Crippen molar-refractivity contribution in [1.29, 1.82) is 0 Å². The third-order valence-electron chi connectivity index (χ3n) is 3.49. The van der Waals surface area contributed by atoms with Crippen molar-refractivity contribution in [2.45, 2.75) is 25.1 Å². The van der Waals surface area contributed by atoms with Crippen molar-refractivity contribution < 1.29 is 13.2 Å². The van der Waals surface area contributed by atoms with Crippen LogP contribution in [0.2, 0.25) is 0 Å². The number of aromatic nitrogens is 1. The van der Waals surface area contributed by atoms with Gasteiger partial charge in [-0.2, -0.15) is 13.2 Å². The molecule has 104 valence electrons. The number of fused-ring (bicyclic) bond motifs is 1. The van der Waals surface area contributed by atoms with E-state index in [0.717, 1.165) is 36.2 Å². The molecule has 1 N–H and O–H groups in total. The summed E-state index contributed by atoms with van der Waals surface area (Å²) < 4.78 is 38.0. The number of alkyl halides is 3. The Kier molecular flexibility index (Phi) is 3.12. The van der Waals surface area contributed by atoms with Crippen LogP contribution in [0.4, 0.5) is 18.9 Å². The monoisotopic (exact) mass is 278 g/mol. The Balaban J connectivity index is 1.83. The third kappa shape index (κ3) is 2.48. The van der Waals surface area contributed by atoms with E-state index in [1.807, 2.05) is 12.1 Å². The molecule has 0 fully saturated rings. The van der Waals surface area contributed by atoms with Gasteiger partial charge >= 0.3 is 6.18 Å². The first kappa shape index (κ1) is 13.0. The molecule has 1 aliphatic rings. The molecule has 1 atom stereocenters. The van der Waals surface area contributed by atoms with Gasteiger partial charge in [0.25, 0.3) is 0 Å². The number of hydrogen-bond acceptors (Lipinski definition) is 2. The topological polar surface area (TPSA) is 24.9 Å². The summed E-state index contributed by atoms with van der Waals surface area (Å²) in [7, 11) is 0. The molecule has 20 heavy (non-hydrogen) atoms. The second-order valence-corrected chi connectivity index (χ2v) is 4.86. The van der Waals surface area contributed by atoms with Gasteiger partial charge in [0.15, 0.2) is 0 Å². The first-order chi connectivity index (χ1) is 9.54. The Morgan fingerprint density at radius 3 is 2.80 bits per heavy atom. The van der Waals surface area contributed by atoms with Gasteiger partial charge in [-0.3, -0.25) is 4.98 Å². The van der Waals surface area contributed by atoms with Crippen LogP contribution in [0.1, 0.15) is 29.3 Å². The number of rotatable bonds is 2. The molecule has 1 aliphatic carbocycles. The van der Waals surface area contributed by atoms with Crippen molar-refractivity contribution >= 4 is 5.69 Å². The van der Waals surface area contributed by atoms with Crippen molar-refractivity contribution in [3.8, 4) is 0 Å². The molecule has 5 heteroatoms. The highest BCUT2D eigenvalue weighted by atomic mass is 19.4. The summed E-state index contributed by atoms with van der Waals surface area (Å²) in [6.07, 6.45) is -0.850. The van der Waals surface area contributed by atoms with E-state index in [1.54, 1.807) is 12.3 Å². The fraction of sp³-hybridized carbons (Fsp3) is 0.267. The molecular formula is C15H13F3N2. The molecule has 1 aromatic heterocycles. The van der Waals surface area contributed by atoms with Crippen LogP contribution in [0, 0.1) is 0 Å². The van der Waals surface area contributed by atoms with Gasteiger partial charge < -0.3 is 5.32 Å². The number of halogens is 3. The molecule has 0 radical (unpaired) electrons. The van der Waals surface area contributed by atoms with Gasteiger partial charge in [0.05, 0.1) is 17.3 Å². The average Bonchev–Trinajstić information content (AvgIpc) is 2.82. The molecule has 2 nitrogen and oxygen atoms in total. The van der Waals surface area contributed by atoms with Crippen LogP contribution in [-0.2, 0) is 12.6 Å². The van der Waals surface area contributed by atoms with Gasteiger partial charge in [0.2, 0.25) is 0 Å². The smallest absolute Gasteiger partial charge is 0.377 e. The summed E-state index contributed by atoms with van der Waals surface area (Å²) >= 11 is 0. The molecule has 1 heterocycles. The molecule has 1 aromatic carbocycles. The van der Waals surface area contributed by atoms with E-state index in [0.29, 0.717) is 5.69 Å². The fourth-order valence-electron chi connectivity index (χ4n) is 2.54. The van der Waals surface area contributed by atoms with Crippen LogP contribution >= 0.6 is 0 Å². The van der Waals surface area contributed by atoms with E-state index < -0.39 is 11.7 Å². The Labute approximate surface area is 114 Å². The molecule has 0 aliphatic heterocycles. The highest BCUT2D eigenvalue weighted by molar-refractivity contribution is 5.49. The maximum absolute atomic E-state index is 12.7. The number of anilines is 1. The lowest BCUT2D eigenvalue weighted by molar-refractivity contribution is -0.137. The Morgan fingerprint density at radius 1 is 1.15 bits per heavy atom. The molecule has 0 spiro atoms. The molecule has 1 unspecified atom stereocenters. The van der Waals surface area contributed by atoms with E-state index in [1.165, 1.54) is 6.07 Å². The number of nitrogens with zero attached hydrogens (tertiary/aromatic N) is 1. The summed E-state index contributed by atoms with van der Waals surface area (Å²) in [5.41, 5.74) is 1.94. The molecule has 3 rings (SSSR count). The van der Waals surface area contributed by atoms with Gasteiger partial charge in [0.1, 0.15) is 0 Å². The summed E-state index contributed by atoms with van der Waals surface area (Å²) in [5.74, 6) is 0. The number of aryl methyl sites for hydroxylation is 1. The van der Waals surface area contributed by atoms with E-state index in [-0.39, 0.29) is 6.04 Å². The second kappa shape index (κ2) is 4.81. The fourth-order valence-corrected chi connectivity index (χ4v) is 2.54. The molecule has 2 aromatic rings. The SMILES string of the molecule is FC(F)(F)c1cccc(NC2CCc3cccnc32)c1. The lowest BCUT2D eigenvalue weighted by Gasteiger charge is -2.16. The standard InChI is InChI=1S/C15H13F3N2/c16-15(17,18)11-4-1-5-12(9-11)20-13-7-6-10-3-2-8-19-14(10)13/h1-5,8-9,13,20H,6-7H2. The van der Waals surface area contributed by atoms with Crippen molar-refractivity contribution in [2.75, 3.05) is 5.32 Å². The summed E-state index contributed by atoms with van der Waals surface area (Å²) in [4.78, 5) is 4.32. The quantitative estimate of drug-likeness (QED) is 0.890. The van der Waals surface area contributed by atoms with Crippen LogP contribution in [-0.4, -0.2) is 4.98 Å². The molecular weight excluding hydrogens is 265 g/mol. The van der Waals surface area contributed by atoms with E-state index in [2.05, 4.69) is 10.3 Å². The predicted octanol–water partition coefficient (Wildman–Crippen LogP) is 4.20. The van der Waals surface area contributed by atoms with Crippen LogP contribution in [0.15, 0.2) is 42.6 Å². The largest absolute Gasteiger partial charge is 0.416 e. The number of hydrogen-bond donors (Lipinski definition) is 1. The van der Waals surface area contributed by atoms with E-state index in [4.69, 9.17) is 0 Å². The maximum Gasteiger partial charge on any atom is 0.416 e. The minimum Gasteiger partial charge on any atom is -0.377 e. The van der Waals surface area contributed by atoms with E-state index in [9.17, 15) is 13.2 Å². The Morgan fingerprint density at radius 2 is 2.00 bits per heavy atom. The zero-order valence-electron chi connectivity index (χ0n) is 10.6. The van der Waals surface area contributed by atoms with Gasteiger partial charge in [-0.05, 0) is 42.7 Å². The normalized spacial score (nSPS) is 17.9. The minimum atomic E-state index is -4.32. The number of nitrogens with one attached hydrogen (secondary N) is 1. The van der Waals surface area contributed by atoms with Gasteiger partial charge in [-0.15, -0.1) is 0 Å². The summed E-state index contributed by atoms with van der Waals surface area (Å²) in [6.45, 7) is 0. The van der Waals surface area contributed by atoms with Crippen LogP contribution < -0.4 is 5.32 Å². The average molecular weight is 278 g/mol. The predicted molar refractivity (Wildman–Crippen MR) is 70.4 cm³/mol. The lowest BCUT2D eigenvalue weighted by atomic mass is 10.1. The van der Waals surface area contributed by atoms with Crippen LogP contribution in [0.25, 0.3) is 0 Å². The van der Waals surface area contributed by atoms with Crippen molar-refractivity contribution in [2.24, 2.45) is 0 Å². The Hall–Kier alpha value is -2.04. The number of benzene rings is 1. The summed E-state index contributed by atoms with van der Waals surface area (Å²) in [6, 6.07) is 9.15. The maximum atomic E-state index is 12.7. The third-order valence-corrected chi connectivity index (χ3v) is 3.49. The van der Waals surface area contributed by atoms with Gasteiger partial charge in [-0.1, -0.05) is 12.1 Å².